The van der Waals surface area contributed by atoms with Gasteiger partial charge in [-0.1, -0.05) is 36.4 Å². The summed E-state index contributed by atoms with van der Waals surface area (Å²) in [6.45, 7) is 3.50. The van der Waals surface area contributed by atoms with E-state index in [0.29, 0.717) is 27.9 Å². The molecule has 2 aromatic heterocycles. The Bertz CT molecular complexity index is 1500. The van der Waals surface area contributed by atoms with Gasteiger partial charge in [0.1, 0.15) is 6.54 Å². The number of carbonyl (C=O) groups is 1. The Balaban J connectivity index is 1.58. The number of benzene rings is 2. The number of rotatable bonds is 6. The standard InChI is InChI=1S/C29H26F3N5OS/c1-18-16-21(19(2)37(18)24-14-7-6-12-22(24)29(30,31)32)27-26(23-13-8-9-15-33-23)35-28(39)36(27)17-25(38)34-20-10-4-3-5-11-20/h3-16,26-27H,17H2,1-2H3,(H,34,38)(H,35,39)/t26-,27-/m0/s1. The van der Waals surface area contributed by atoms with Crippen LogP contribution in [0.3, 0.4) is 0 Å². The van der Waals surface area contributed by atoms with Gasteiger partial charge in [0.2, 0.25) is 5.91 Å². The zero-order chi connectivity index (χ0) is 27.7. The highest BCUT2D eigenvalue weighted by atomic mass is 32.1. The highest BCUT2D eigenvalue weighted by Gasteiger charge is 2.42. The summed E-state index contributed by atoms with van der Waals surface area (Å²) in [5, 5.41) is 6.54. The van der Waals surface area contributed by atoms with Gasteiger partial charge in [-0.05, 0) is 74.1 Å². The van der Waals surface area contributed by atoms with Crippen LogP contribution in [0.25, 0.3) is 5.69 Å². The second-order valence-corrected chi connectivity index (χ2v) is 9.73. The summed E-state index contributed by atoms with van der Waals surface area (Å²) in [5.41, 5.74) is 2.68. The Hall–Kier alpha value is -4.18. The minimum atomic E-state index is -4.52. The molecule has 6 nitrogen and oxygen atoms in total. The van der Waals surface area contributed by atoms with Crippen molar-refractivity contribution in [3.63, 3.8) is 0 Å². The first kappa shape index (κ1) is 26.4. The Kier molecular flexibility index (Phi) is 7.14. The third-order valence-corrected chi connectivity index (χ3v) is 7.16. The predicted molar refractivity (Wildman–Crippen MR) is 147 cm³/mol. The van der Waals surface area contributed by atoms with Crippen molar-refractivity contribution in [2.75, 3.05) is 11.9 Å². The second-order valence-electron chi connectivity index (χ2n) is 9.35. The summed E-state index contributed by atoms with van der Waals surface area (Å²) in [7, 11) is 0. The minimum absolute atomic E-state index is 0.0440. The van der Waals surface area contributed by atoms with E-state index in [1.807, 2.05) is 36.4 Å². The molecular weight excluding hydrogens is 523 g/mol. The maximum absolute atomic E-state index is 13.9. The first-order valence-corrected chi connectivity index (χ1v) is 12.7. The Morgan fingerprint density at radius 3 is 2.41 bits per heavy atom. The number of aryl methyl sites for hydroxylation is 1. The Morgan fingerprint density at radius 2 is 1.72 bits per heavy atom. The number of nitrogens with one attached hydrogen (secondary N) is 2. The summed E-state index contributed by atoms with van der Waals surface area (Å²) in [5.74, 6) is -0.270. The number of carbonyl (C=O) groups excluding carboxylic acids is 1. The molecule has 1 amide bonds. The van der Waals surface area contributed by atoms with E-state index < -0.39 is 23.8 Å². The maximum Gasteiger partial charge on any atom is 0.418 e. The molecule has 1 aliphatic rings. The molecule has 0 bridgehead atoms. The van der Waals surface area contributed by atoms with Gasteiger partial charge in [-0.15, -0.1) is 0 Å². The van der Waals surface area contributed by atoms with E-state index in [4.69, 9.17) is 12.2 Å². The van der Waals surface area contributed by atoms with Gasteiger partial charge in [0, 0.05) is 23.3 Å². The van der Waals surface area contributed by atoms with Crippen LogP contribution in [0.15, 0.2) is 85.1 Å². The molecule has 0 spiro atoms. The number of hydrogen-bond acceptors (Lipinski definition) is 3. The summed E-state index contributed by atoms with van der Waals surface area (Å²) in [6.07, 6.45) is -2.85. The van der Waals surface area contributed by atoms with Gasteiger partial charge < -0.3 is 20.1 Å². The van der Waals surface area contributed by atoms with Crippen LogP contribution in [-0.2, 0) is 11.0 Å². The van der Waals surface area contributed by atoms with Crippen LogP contribution < -0.4 is 10.6 Å². The molecule has 2 atom stereocenters. The van der Waals surface area contributed by atoms with Crippen molar-refractivity contribution < 1.29 is 18.0 Å². The van der Waals surface area contributed by atoms with Crippen LogP contribution >= 0.6 is 12.2 Å². The summed E-state index contributed by atoms with van der Waals surface area (Å²) in [6, 6.07) is 21.1. The van der Waals surface area contributed by atoms with Crippen LogP contribution in [0, 0.1) is 13.8 Å². The van der Waals surface area contributed by atoms with E-state index in [0.717, 1.165) is 11.6 Å². The molecule has 0 unspecified atom stereocenters. The van der Waals surface area contributed by atoms with Crippen LogP contribution in [0.1, 0.15) is 40.3 Å². The second kappa shape index (κ2) is 10.5. The number of halogens is 3. The lowest BCUT2D eigenvalue weighted by molar-refractivity contribution is -0.137. The molecule has 1 fully saturated rings. The molecule has 1 aliphatic heterocycles. The number of hydrogen-bond donors (Lipinski definition) is 2. The summed E-state index contributed by atoms with van der Waals surface area (Å²) in [4.78, 5) is 19.4. The molecule has 1 saturated heterocycles. The SMILES string of the molecule is Cc1cc([C@H]2[C@H](c3ccccn3)NC(=S)N2CC(=O)Nc2ccccc2)c(C)n1-c1ccccc1C(F)(F)F. The van der Waals surface area contributed by atoms with Crippen LogP contribution in [0.2, 0.25) is 0 Å². The fourth-order valence-electron chi connectivity index (χ4n) is 5.16. The molecule has 3 heterocycles. The Labute approximate surface area is 229 Å². The molecule has 5 rings (SSSR count). The highest BCUT2D eigenvalue weighted by Crippen LogP contribution is 2.42. The van der Waals surface area contributed by atoms with Crippen molar-refractivity contribution in [2.45, 2.75) is 32.1 Å². The van der Waals surface area contributed by atoms with Crippen molar-refractivity contribution >= 4 is 28.9 Å². The number of aromatic nitrogens is 2. The van der Waals surface area contributed by atoms with E-state index >= 15 is 0 Å². The third kappa shape index (κ3) is 5.24. The van der Waals surface area contributed by atoms with Gasteiger partial charge in [0.15, 0.2) is 5.11 Å². The first-order chi connectivity index (χ1) is 18.6. The van der Waals surface area contributed by atoms with Gasteiger partial charge in [-0.3, -0.25) is 9.78 Å². The molecule has 4 aromatic rings. The van der Waals surface area contributed by atoms with Crippen LogP contribution in [0.5, 0.6) is 0 Å². The van der Waals surface area contributed by atoms with Gasteiger partial charge in [-0.25, -0.2) is 0 Å². The van der Waals surface area contributed by atoms with E-state index in [9.17, 15) is 18.0 Å². The zero-order valence-corrected chi connectivity index (χ0v) is 22.1. The smallest absolute Gasteiger partial charge is 0.352 e. The van der Waals surface area contributed by atoms with Crippen molar-refractivity contribution in [1.29, 1.82) is 0 Å². The summed E-state index contributed by atoms with van der Waals surface area (Å²) >= 11 is 5.68. The number of alkyl halides is 3. The molecule has 200 valence electrons. The Morgan fingerprint density at radius 1 is 1.03 bits per heavy atom. The molecule has 0 radical (unpaired) electrons. The maximum atomic E-state index is 13.9. The van der Waals surface area contributed by atoms with Crippen molar-refractivity contribution in [3.8, 4) is 5.69 Å². The van der Waals surface area contributed by atoms with E-state index in [1.54, 1.807) is 53.8 Å². The quantitative estimate of drug-likeness (QED) is 0.284. The molecule has 10 heteroatoms. The lowest BCUT2D eigenvalue weighted by atomic mass is 9.96. The number of amides is 1. The fourth-order valence-corrected chi connectivity index (χ4v) is 5.46. The largest absolute Gasteiger partial charge is 0.418 e. The van der Waals surface area contributed by atoms with Gasteiger partial charge in [-0.2, -0.15) is 13.2 Å². The third-order valence-electron chi connectivity index (χ3n) is 6.81. The van der Waals surface area contributed by atoms with Crippen molar-refractivity contribution in [2.24, 2.45) is 0 Å². The van der Waals surface area contributed by atoms with E-state index in [-0.39, 0.29) is 18.1 Å². The van der Waals surface area contributed by atoms with Crippen LogP contribution in [0.4, 0.5) is 18.9 Å². The topological polar surface area (TPSA) is 62.2 Å². The molecular formula is C29H26F3N5OS. The number of thiocarbonyl (C=S) groups is 1. The predicted octanol–water partition coefficient (Wildman–Crippen LogP) is 6.12. The number of para-hydroxylation sites is 2. The minimum Gasteiger partial charge on any atom is -0.352 e. The number of anilines is 1. The molecule has 39 heavy (non-hydrogen) atoms. The zero-order valence-electron chi connectivity index (χ0n) is 21.2. The fraction of sp³-hybridized carbons (Fsp3) is 0.207. The normalized spacial score (nSPS) is 17.3. The monoisotopic (exact) mass is 549 g/mol. The average molecular weight is 550 g/mol. The van der Waals surface area contributed by atoms with Gasteiger partial charge in [0.05, 0.1) is 29.0 Å². The summed E-state index contributed by atoms with van der Waals surface area (Å²) < 4.78 is 43.4. The van der Waals surface area contributed by atoms with Crippen LogP contribution in [-0.4, -0.2) is 32.0 Å². The van der Waals surface area contributed by atoms with E-state index in [2.05, 4.69) is 15.6 Å². The number of nitrogens with zero attached hydrogens (tertiary/aromatic N) is 3. The van der Waals surface area contributed by atoms with Gasteiger partial charge in [0.25, 0.3) is 0 Å². The molecule has 2 N–H and O–H groups in total. The van der Waals surface area contributed by atoms with Gasteiger partial charge >= 0.3 is 6.18 Å². The first-order valence-electron chi connectivity index (χ1n) is 12.3. The average Bonchev–Trinajstić information content (AvgIpc) is 3.39. The van der Waals surface area contributed by atoms with E-state index in [1.165, 1.54) is 12.1 Å². The molecule has 0 saturated carbocycles. The lowest BCUT2D eigenvalue weighted by Crippen LogP contribution is -2.37. The molecule has 2 aromatic carbocycles. The number of pyridine rings is 1. The highest BCUT2D eigenvalue weighted by molar-refractivity contribution is 7.80. The van der Waals surface area contributed by atoms with Crippen molar-refractivity contribution in [3.05, 3.63) is 113 Å². The molecule has 0 aliphatic carbocycles. The van der Waals surface area contributed by atoms with Crippen molar-refractivity contribution in [1.82, 2.24) is 19.8 Å². The lowest BCUT2D eigenvalue weighted by Gasteiger charge is -2.28.